The van der Waals surface area contributed by atoms with Crippen molar-refractivity contribution < 1.29 is 4.79 Å². The SMILES string of the molecule is CC(c1cccs1)N(C)C(=O)NCCc1ccccc1. The second kappa shape index (κ2) is 7.10. The number of amides is 2. The van der Waals surface area contributed by atoms with Crippen LogP contribution in [0.25, 0.3) is 0 Å². The van der Waals surface area contributed by atoms with Crippen LogP contribution in [0.4, 0.5) is 4.79 Å². The number of thiophene rings is 1. The molecule has 2 rings (SSSR count). The number of carbonyl (C=O) groups is 1. The van der Waals surface area contributed by atoms with Crippen LogP contribution < -0.4 is 5.32 Å². The summed E-state index contributed by atoms with van der Waals surface area (Å²) in [6.07, 6.45) is 0.855. The van der Waals surface area contributed by atoms with Crippen LogP contribution in [0.1, 0.15) is 23.4 Å². The van der Waals surface area contributed by atoms with Crippen molar-refractivity contribution >= 4 is 17.4 Å². The highest BCUT2D eigenvalue weighted by atomic mass is 32.1. The van der Waals surface area contributed by atoms with Crippen molar-refractivity contribution in [3.63, 3.8) is 0 Å². The lowest BCUT2D eigenvalue weighted by atomic mass is 10.1. The minimum absolute atomic E-state index is 0.0261. The Labute approximate surface area is 124 Å². The van der Waals surface area contributed by atoms with E-state index >= 15 is 0 Å². The lowest BCUT2D eigenvalue weighted by molar-refractivity contribution is 0.195. The minimum Gasteiger partial charge on any atom is -0.338 e. The van der Waals surface area contributed by atoms with Gasteiger partial charge in [0.2, 0.25) is 0 Å². The van der Waals surface area contributed by atoms with Crippen molar-refractivity contribution in [3.8, 4) is 0 Å². The molecule has 0 saturated heterocycles. The molecule has 0 fully saturated rings. The highest BCUT2D eigenvalue weighted by Gasteiger charge is 2.17. The smallest absolute Gasteiger partial charge is 0.317 e. The summed E-state index contributed by atoms with van der Waals surface area (Å²) in [6, 6.07) is 14.3. The Hall–Kier alpha value is -1.81. The summed E-state index contributed by atoms with van der Waals surface area (Å²) < 4.78 is 0. The van der Waals surface area contributed by atoms with Gasteiger partial charge in [0.25, 0.3) is 0 Å². The highest BCUT2D eigenvalue weighted by molar-refractivity contribution is 7.10. The molecule has 1 aromatic carbocycles. The molecule has 1 N–H and O–H groups in total. The zero-order chi connectivity index (χ0) is 14.4. The highest BCUT2D eigenvalue weighted by Crippen LogP contribution is 2.23. The molecule has 106 valence electrons. The van der Waals surface area contributed by atoms with Crippen LogP contribution in [0.2, 0.25) is 0 Å². The van der Waals surface area contributed by atoms with Gasteiger partial charge in [-0.05, 0) is 30.4 Å². The predicted molar refractivity (Wildman–Crippen MR) is 84.0 cm³/mol. The van der Waals surface area contributed by atoms with E-state index in [0.29, 0.717) is 6.54 Å². The predicted octanol–water partition coefficient (Wildman–Crippen LogP) is 3.69. The molecule has 0 aliphatic rings. The molecule has 0 saturated carbocycles. The Bertz CT molecular complexity index is 525. The van der Waals surface area contributed by atoms with Crippen molar-refractivity contribution in [1.82, 2.24) is 10.2 Å². The van der Waals surface area contributed by atoms with Gasteiger partial charge in [0.1, 0.15) is 0 Å². The molecule has 20 heavy (non-hydrogen) atoms. The van der Waals surface area contributed by atoms with Gasteiger partial charge in [-0.15, -0.1) is 11.3 Å². The summed E-state index contributed by atoms with van der Waals surface area (Å²) in [5.41, 5.74) is 1.24. The van der Waals surface area contributed by atoms with Crippen molar-refractivity contribution in [2.24, 2.45) is 0 Å². The fraction of sp³-hybridized carbons (Fsp3) is 0.312. The third-order valence-corrected chi connectivity index (χ3v) is 4.43. The monoisotopic (exact) mass is 288 g/mol. The fourth-order valence-electron chi connectivity index (χ4n) is 1.98. The van der Waals surface area contributed by atoms with Crippen LogP contribution in [-0.2, 0) is 6.42 Å². The number of hydrogen-bond donors (Lipinski definition) is 1. The first kappa shape index (κ1) is 14.6. The molecule has 1 aromatic heterocycles. The molecule has 0 bridgehead atoms. The van der Waals surface area contributed by atoms with E-state index in [4.69, 9.17) is 0 Å². The molecular formula is C16H20N2OS. The summed E-state index contributed by atoms with van der Waals surface area (Å²) >= 11 is 1.68. The van der Waals surface area contributed by atoms with E-state index in [-0.39, 0.29) is 12.1 Å². The van der Waals surface area contributed by atoms with E-state index in [2.05, 4.69) is 23.5 Å². The van der Waals surface area contributed by atoms with Gasteiger partial charge < -0.3 is 10.2 Å². The summed E-state index contributed by atoms with van der Waals surface area (Å²) in [6.45, 7) is 2.70. The Morgan fingerprint density at radius 1 is 1.25 bits per heavy atom. The zero-order valence-electron chi connectivity index (χ0n) is 11.9. The maximum absolute atomic E-state index is 12.1. The number of benzene rings is 1. The number of carbonyl (C=O) groups excluding carboxylic acids is 1. The van der Waals surface area contributed by atoms with Gasteiger partial charge in [0, 0.05) is 18.5 Å². The Morgan fingerprint density at radius 3 is 2.65 bits per heavy atom. The fourth-order valence-corrected chi connectivity index (χ4v) is 2.81. The second-order valence-electron chi connectivity index (χ2n) is 4.77. The molecule has 2 aromatic rings. The molecule has 0 spiro atoms. The number of nitrogens with one attached hydrogen (secondary N) is 1. The quantitative estimate of drug-likeness (QED) is 0.894. The summed E-state index contributed by atoms with van der Waals surface area (Å²) in [7, 11) is 1.84. The second-order valence-corrected chi connectivity index (χ2v) is 5.75. The maximum Gasteiger partial charge on any atom is 0.317 e. The first-order valence-electron chi connectivity index (χ1n) is 6.76. The van der Waals surface area contributed by atoms with Gasteiger partial charge in [-0.25, -0.2) is 4.79 Å². The maximum atomic E-state index is 12.1. The first-order chi connectivity index (χ1) is 9.68. The number of hydrogen-bond acceptors (Lipinski definition) is 2. The van der Waals surface area contributed by atoms with Gasteiger partial charge in [0.05, 0.1) is 6.04 Å². The number of urea groups is 1. The molecular weight excluding hydrogens is 268 g/mol. The van der Waals surface area contributed by atoms with Crippen molar-refractivity contribution in [2.45, 2.75) is 19.4 Å². The van der Waals surface area contributed by atoms with Crippen molar-refractivity contribution in [2.75, 3.05) is 13.6 Å². The lowest BCUT2D eigenvalue weighted by Crippen LogP contribution is -2.39. The molecule has 0 radical (unpaired) electrons. The largest absolute Gasteiger partial charge is 0.338 e. The molecule has 0 aliphatic heterocycles. The van der Waals surface area contributed by atoms with Crippen LogP contribution in [0, 0.1) is 0 Å². The van der Waals surface area contributed by atoms with E-state index in [1.54, 1.807) is 16.2 Å². The Kier molecular flexibility index (Phi) is 5.18. The molecule has 0 aliphatic carbocycles. The molecule has 3 nitrogen and oxygen atoms in total. The van der Waals surface area contributed by atoms with Crippen LogP contribution in [0.3, 0.4) is 0 Å². The van der Waals surface area contributed by atoms with Gasteiger partial charge in [-0.3, -0.25) is 0 Å². The van der Waals surface area contributed by atoms with Gasteiger partial charge >= 0.3 is 6.03 Å². The summed E-state index contributed by atoms with van der Waals surface area (Å²) in [5, 5.41) is 5.00. The van der Waals surface area contributed by atoms with E-state index in [1.165, 1.54) is 10.4 Å². The van der Waals surface area contributed by atoms with Crippen LogP contribution in [0.15, 0.2) is 47.8 Å². The number of nitrogens with zero attached hydrogens (tertiary/aromatic N) is 1. The topological polar surface area (TPSA) is 32.3 Å². The summed E-state index contributed by atoms with van der Waals surface area (Å²) in [5.74, 6) is 0. The molecule has 1 unspecified atom stereocenters. The van der Waals surface area contributed by atoms with Crippen LogP contribution in [-0.4, -0.2) is 24.5 Å². The van der Waals surface area contributed by atoms with E-state index in [9.17, 15) is 4.79 Å². The van der Waals surface area contributed by atoms with E-state index < -0.39 is 0 Å². The third kappa shape index (κ3) is 3.84. The normalized spacial score (nSPS) is 11.9. The third-order valence-electron chi connectivity index (χ3n) is 3.39. The zero-order valence-corrected chi connectivity index (χ0v) is 12.7. The van der Waals surface area contributed by atoms with Gasteiger partial charge in [-0.2, -0.15) is 0 Å². The average molecular weight is 288 g/mol. The molecule has 4 heteroatoms. The van der Waals surface area contributed by atoms with Crippen LogP contribution >= 0.6 is 11.3 Å². The average Bonchev–Trinajstić information content (AvgIpc) is 3.01. The summed E-state index contributed by atoms with van der Waals surface area (Å²) in [4.78, 5) is 15.0. The van der Waals surface area contributed by atoms with Crippen molar-refractivity contribution in [1.29, 1.82) is 0 Å². The standard InChI is InChI=1S/C16H20N2OS/c1-13(15-9-6-12-20-15)18(2)16(19)17-11-10-14-7-4-3-5-8-14/h3-9,12-13H,10-11H2,1-2H3,(H,17,19). The minimum atomic E-state index is -0.0261. The number of rotatable bonds is 5. The van der Waals surface area contributed by atoms with Crippen LogP contribution in [0.5, 0.6) is 0 Å². The van der Waals surface area contributed by atoms with E-state index in [1.807, 2.05) is 43.6 Å². The van der Waals surface area contributed by atoms with E-state index in [0.717, 1.165) is 6.42 Å². The Balaban J connectivity index is 1.80. The van der Waals surface area contributed by atoms with Crippen molar-refractivity contribution in [3.05, 3.63) is 58.3 Å². The Morgan fingerprint density at radius 2 is 2.00 bits per heavy atom. The van der Waals surface area contributed by atoms with Gasteiger partial charge in [-0.1, -0.05) is 36.4 Å². The molecule has 1 heterocycles. The molecule has 1 atom stereocenters. The molecule has 2 amide bonds. The first-order valence-corrected chi connectivity index (χ1v) is 7.64. The lowest BCUT2D eigenvalue weighted by Gasteiger charge is -2.24. The van der Waals surface area contributed by atoms with Gasteiger partial charge in [0.15, 0.2) is 0 Å².